The second kappa shape index (κ2) is 10.6. The molecule has 6 heteroatoms. The van der Waals surface area contributed by atoms with Crippen LogP contribution in [0.5, 0.6) is 0 Å². The van der Waals surface area contributed by atoms with E-state index in [-0.39, 0.29) is 12.5 Å². The predicted molar refractivity (Wildman–Crippen MR) is 105 cm³/mol. The first-order valence-electron chi connectivity index (χ1n) is 9.00. The highest BCUT2D eigenvalue weighted by molar-refractivity contribution is 6.31. The van der Waals surface area contributed by atoms with Gasteiger partial charge in [-0.25, -0.2) is 0 Å². The first-order chi connectivity index (χ1) is 12.2. The van der Waals surface area contributed by atoms with Crippen LogP contribution < -0.4 is 5.32 Å². The summed E-state index contributed by atoms with van der Waals surface area (Å²) >= 11 is 0. The Bertz CT molecular complexity index is 629. The average molecular weight is 361 g/mol. The lowest BCUT2D eigenvalue weighted by atomic mass is 10.1. The lowest BCUT2D eigenvalue weighted by Gasteiger charge is -2.25. The summed E-state index contributed by atoms with van der Waals surface area (Å²) in [5.41, 5.74) is 2.83. The van der Waals surface area contributed by atoms with E-state index in [1.807, 2.05) is 32.0 Å². The van der Waals surface area contributed by atoms with E-state index < -0.39 is 5.91 Å². The molecular formula is C20H31N3O3. The minimum atomic E-state index is -0.398. The first kappa shape index (κ1) is 21.7. The fraction of sp³-hybridized carbons (Fsp3) is 0.550. The Morgan fingerprint density at radius 1 is 1.15 bits per heavy atom. The highest BCUT2D eigenvalue weighted by atomic mass is 16.6. The fourth-order valence-corrected chi connectivity index (χ4v) is 2.55. The third-order valence-corrected chi connectivity index (χ3v) is 3.60. The van der Waals surface area contributed by atoms with Gasteiger partial charge in [-0.2, -0.15) is 0 Å². The number of carbonyl (C=O) groups excluding carboxylic acids is 2. The van der Waals surface area contributed by atoms with Crippen molar-refractivity contribution < 1.29 is 14.4 Å². The molecule has 6 nitrogen and oxygen atoms in total. The van der Waals surface area contributed by atoms with Crippen LogP contribution in [0.3, 0.4) is 0 Å². The highest BCUT2D eigenvalue weighted by Gasteiger charge is 2.16. The van der Waals surface area contributed by atoms with Gasteiger partial charge >= 0.3 is 0 Å². The summed E-state index contributed by atoms with van der Waals surface area (Å²) in [6, 6.07) is 5.75. The molecule has 1 rings (SSSR count). The Labute approximate surface area is 156 Å². The molecule has 0 heterocycles. The van der Waals surface area contributed by atoms with Gasteiger partial charge in [-0.15, -0.1) is 0 Å². The van der Waals surface area contributed by atoms with Crippen molar-refractivity contribution in [2.75, 3.05) is 25.0 Å². The molecule has 1 aromatic rings. The molecule has 0 spiro atoms. The average Bonchev–Trinajstić information content (AvgIpc) is 2.52. The Hall–Kier alpha value is -2.37. The lowest BCUT2D eigenvalue weighted by Crippen LogP contribution is -2.39. The summed E-state index contributed by atoms with van der Waals surface area (Å²) < 4.78 is 0. The quantitative estimate of drug-likeness (QED) is 0.541. The second-order valence-electron chi connectivity index (χ2n) is 7.40. The van der Waals surface area contributed by atoms with E-state index in [2.05, 4.69) is 38.2 Å². The Morgan fingerprint density at radius 3 is 2.31 bits per heavy atom. The summed E-state index contributed by atoms with van der Waals surface area (Å²) in [4.78, 5) is 30.9. The molecule has 0 unspecified atom stereocenters. The molecule has 26 heavy (non-hydrogen) atoms. The topological polar surface area (TPSA) is 71.0 Å². The molecular weight excluding hydrogens is 330 g/mol. The summed E-state index contributed by atoms with van der Waals surface area (Å²) in [6.07, 6.45) is 1.04. The third kappa shape index (κ3) is 8.14. The van der Waals surface area contributed by atoms with Gasteiger partial charge in [0, 0.05) is 18.8 Å². The van der Waals surface area contributed by atoms with E-state index in [1.165, 1.54) is 0 Å². The van der Waals surface area contributed by atoms with Crippen molar-refractivity contribution in [3.63, 3.8) is 0 Å². The molecule has 0 aliphatic carbocycles. The normalized spacial score (nSPS) is 11.2. The van der Waals surface area contributed by atoms with Crippen molar-refractivity contribution in [1.82, 2.24) is 4.90 Å². The zero-order valence-electron chi connectivity index (χ0n) is 16.7. The van der Waals surface area contributed by atoms with Gasteiger partial charge in [0.05, 0.1) is 0 Å². The van der Waals surface area contributed by atoms with Gasteiger partial charge in [0.2, 0.25) is 0 Å². The Balaban J connectivity index is 2.48. The molecule has 0 saturated heterocycles. The zero-order valence-corrected chi connectivity index (χ0v) is 16.7. The highest BCUT2D eigenvalue weighted by Crippen LogP contribution is 2.15. The summed E-state index contributed by atoms with van der Waals surface area (Å²) in [7, 11) is 0. The van der Waals surface area contributed by atoms with Crippen LogP contribution in [0.2, 0.25) is 0 Å². The molecule has 0 saturated carbocycles. The van der Waals surface area contributed by atoms with Crippen molar-refractivity contribution in [3.8, 4) is 0 Å². The van der Waals surface area contributed by atoms with E-state index in [0.717, 1.165) is 23.0 Å². The van der Waals surface area contributed by atoms with Gasteiger partial charge < -0.3 is 15.1 Å². The maximum absolute atomic E-state index is 12.3. The molecule has 0 bridgehead atoms. The van der Waals surface area contributed by atoms with Gasteiger partial charge in [0.15, 0.2) is 6.61 Å². The summed E-state index contributed by atoms with van der Waals surface area (Å²) in [5.74, 6) is 0.236. The van der Waals surface area contributed by atoms with Crippen LogP contribution in [-0.4, -0.2) is 42.6 Å². The molecule has 0 radical (unpaired) electrons. The van der Waals surface area contributed by atoms with E-state index in [4.69, 9.17) is 4.84 Å². The number of hydrogen-bond donors (Lipinski definition) is 1. The van der Waals surface area contributed by atoms with Crippen LogP contribution in [0.4, 0.5) is 5.69 Å². The van der Waals surface area contributed by atoms with E-state index in [0.29, 0.717) is 24.9 Å². The minimum absolute atomic E-state index is 0.126. The minimum Gasteiger partial charge on any atom is -0.386 e. The van der Waals surface area contributed by atoms with E-state index in [9.17, 15) is 9.59 Å². The summed E-state index contributed by atoms with van der Waals surface area (Å²) in [6.45, 7) is 13.4. The summed E-state index contributed by atoms with van der Waals surface area (Å²) in [5, 5.41) is 6.35. The Kier molecular flexibility index (Phi) is 8.82. The van der Waals surface area contributed by atoms with Crippen molar-refractivity contribution in [2.45, 2.75) is 41.5 Å². The van der Waals surface area contributed by atoms with Crippen LogP contribution in [0.15, 0.2) is 23.4 Å². The van der Waals surface area contributed by atoms with Gasteiger partial charge in [-0.1, -0.05) is 50.5 Å². The van der Waals surface area contributed by atoms with Crippen molar-refractivity contribution >= 4 is 23.7 Å². The number of amides is 2. The molecule has 0 aliphatic heterocycles. The maximum atomic E-state index is 12.3. The molecule has 0 aromatic heterocycles. The molecule has 1 N–H and O–H groups in total. The molecule has 144 valence electrons. The smallest absolute Gasteiger partial charge is 0.270 e. The van der Waals surface area contributed by atoms with E-state index >= 15 is 0 Å². The van der Waals surface area contributed by atoms with E-state index in [1.54, 1.807) is 4.90 Å². The lowest BCUT2D eigenvalue weighted by molar-refractivity contribution is -0.137. The molecule has 0 aliphatic rings. The number of hydrogen-bond acceptors (Lipinski definition) is 4. The monoisotopic (exact) mass is 361 g/mol. The number of anilines is 1. The third-order valence-electron chi connectivity index (χ3n) is 3.60. The Morgan fingerprint density at radius 2 is 1.77 bits per heavy atom. The molecule has 1 aromatic carbocycles. The van der Waals surface area contributed by atoms with Crippen LogP contribution >= 0.6 is 0 Å². The zero-order chi connectivity index (χ0) is 19.7. The maximum Gasteiger partial charge on any atom is 0.270 e. The van der Waals surface area contributed by atoms with Gasteiger partial charge in [-0.3, -0.25) is 9.59 Å². The fourth-order valence-electron chi connectivity index (χ4n) is 2.55. The number of nitrogens with zero attached hydrogens (tertiary/aromatic N) is 2. The molecule has 0 atom stereocenters. The van der Waals surface area contributed by atoms with Crippen LogP contribution in [0.25, 0.3) is 0 Å². The van der Waals surface area contributed by atoms with Gasteiger partial charge in [0.1, 0.15) is 6.21 Å². The largest absolute Gasteiger partial charge is 0.386 e. The number of nitrogens with one attached hydrogen (secondary N) is 1. The van der Waals surface area contributed by atoms with Crippen molar-refractivity contribution in [1.29, 1.82) is 0 Å². The molecule has 0 fully saturated rings. The number of benzene rings is 1. The predicted octanol–water partition coefficient (Wildman–Crippen LogP) is 3.38. The first-order valence-corrected chi connectivity index (χ1v) is 9.00. The van der Waals surface area contributed by atoms with Crippen LogP contribution in [-0.2, 0) is 14.4 Å². The standard InChI is InChI=1S/C20H31N3O3/c1-14(2)11-23(12-15(3)4)20(25)13-26-21-10-19(24)22-18-8-7-16(5)9-17(18)6/h7-10,14-15H,11-13H2,1-6H3,(H,22,24)/b21-10-. The van der Waals surface area contributed by atoms with Crippen LogP contribution in [0, 0.1) is 25.7 Å². The number of aryl methyl sites for hydroxylation is 2. The SMILES string of the molecule is Cc1ccc(NC(=O)/C=N\OCC(=O)N(CC(C)C)CC(C)C)c(C)c1. The number of carbonyl (C=O) groups is 2. The van der Waals surface area contributed by atoms with Gasteiger partial charge in [0.25, 0.3) is 11.8 Å². The van der Waals surface area contributed by atoms with Crippen molar-refractivity contribution in [2.24, 2.45) is 17.0 Å². The van der Waals surface area contributed by atoms with Gasteiger partial charge in [-0.05, 0) is 37.3 Å². The second-order valence-corrected chi connectivity index (χ2v) is 7.40. The number of rotatable bonds is 9. The van der Waals surface area contributed by atoms with Crippen molar-refractivity contribution in [3.05, 3.63) is 29.3 Å². The van der Waals surface area contributed by atoms with Crippen LogP contribution in [0.1, 0.15) is 38.8 Å². The molecule has 2 amide bonds. The number of oxime groups is 1.